The number of carbonyl (C=O) groups excluding carboxylic acids is 1. The number of ether oxygens (including phenoxy) is 2. The monoisotopic (exact) mass is 431 g/mol. The number of hydrogen-bond donors (Lipinski definition) is 1. The molecule has 0 aliphatic carbocycles. The SMILES string of the molecule is COc1ccc(C(=O)NC[C@@H](c2cccs2)S(=O)(=O)c2ccccc2)cc1OC. The van der Waals surface area contributed by atoms with Gasteiger partial charge in [-0.05, 0) is 41.8 Å². The van der Waals surface area contributed by atoms with E-state index in [0.717, 1.165) is 0 Å². The van der Waals surface area contributed by atoms with Crippen molar-refractivity contribution in [3.05, 3.63) is 76.5 Å². The maximum atomic E-state index is 13.2. The molecule has 0 bridgehead atoms. The minimum Gasteiger partial charge on any atom is -0.493 e. The van der Waals surface area contributed by atoms with E-state index in [1.54, 1.807) is 60.7 Å². The highest BCUT2D eigenvalue weighted by Crippen LogP contribution is 2.32. The predicted molar refractivity (Wildman–Crippen MR) is 113 cm³/mol. The fraction of sp³-hybridized carbons (Fsp3) is 0.190. The average Bonchev–Trinajstić information content (AvgIpc) is 3.28. The summed E-state index contributed by atoms with van der Waals surface area (Å²) in [5.41, 5.74) is 0.352. The molecule has 1 heterocycles. The predicted octanol–water partition coefficient (Wildman–Crippen LogP) is 3.71. The number of rotatable bonds is 8. The second-order valence-electron chi connectivity index (χ2n) is 6.14. The molecule has 152 valence electrons. The van der Waals surface area contributed by atoms with Crippen molar-refractivity contribution in [2.45, 2.75) is 10.1 Å². The molecule has 29 heavy (non-hydrogen) atoms. The molecule has 1 atom stereocenters. The highest BCUT2D eigenvalue weighted by Gasteiger charge is 2.30. The number of thiophene rings is 1. The smallest absolute Gasteiger partial charge is 0.251 e. The molecular weight excluding hydrogens is 410 g/mol. The Morgan fingerprint density at radius 1 is 1.00 bits per heavy atom. The summed E-state index contributed by atoms with van der Waals surface area (Å²) in [6.07, 6.45) is 0. The molecule has 1 aromatic heterocycles. The molecule has 0 unspecified atom stereocenters. The Hall–Kier alpha value is -2.84. The Bertz CT molecular complexity index is 1060. The first-order valence-corrected chi connectivity index (χ1v) is 11.2. The molecule has 2 aromatic carbocycles. The van der Waals surface area contributed by atoms with Crippen molar-refractivity contribution in [1.82, 2.24) is 5.32 Å². The van der Waals surface area contributed by atoms with E-state index in [1.165, 1.54) is 25.6 Å². The standard InChI is InChI=1S/C21H21NO5S2/c1-26-17-11-10-15(13-18(17)27-2)21(23)22-14-20(19-9-6-12-28-19)29(24,25)16-7-4-3-5-8-16/h3-13,20H,14H2,1-2H3,(H,22,23)/t20-/m0/s1. The van der Waals surface area contributed by atoms with Crippen molar-refractivity contribution < 1.29 is 22.7 Å². The van der Waals surface area contributed by atoms with Gasteiger partial charge in [0.05, 0.1) is 19.1 Å². The lowest BCUT2D eigenvalue weighted by atomic mass is 10.2. The van der Waals surface area contributed by atoms with Gasteiger partial charge in [-0.2, -0.15) is 0 Å². The van der Waals surface area contributed by atoms with Crippen molar-refractivity contribution in [3.63, 3.8) is 0 Å². The first-order chi connectivity index (χ1) is 14.0. The van der Waals surface area contributed by atoms with Crippen LogP contribution < -0.4 is 14.8 Å². The van der Waals surface area contributed by atoms with Crippen molar-refractivity contribution in [2.24, 2.45) is 0 Å². The minimum absolute atomic E-state index is 0.0507. The Balaban J connectivity index is 1.84. The van der Waals surface area contributed by atoms with E-state index in [4.69, 9.17) is 9.47 Å². The molecule has 0 radical (unpaired) electrons. The normalized spacial score (nSPS) is 12.2. The molecule has 0 saturated carbocycles. The van der Waals surface area contributed by atoms with Crippen LogP contribution in [0.3, 0.4) is 0 Å². The van der Waals surface area contributed by atoms with E-state index in [1.807, 2.05) is 5.38 Å². The van der Waals surface area contributed by atoms with Crippen LogP contribution in [-0.4, -0.2) is 35.1 Å². The van der Waals surface area contributed by atoms with Gasteiger partial charge in [0.25, 0.3) is 5.91 Å². The summed E-state index contributed by atoms with van der Waals surface area (Å²) in [5.74, 6) is 0.537. The molecule has 3 rings (SSSR count). The van der Waals surface area contributed by atoms with Crippen LogP contribution in [0.2, 0.25) is 0 Å². The van der Waals surface area contributed by atoms with Crippen molar-refractivity contribution in [2.75, 3.05) is 20.8 Å². The van der Waals surface area contributed by atoms with E-state index < -0.39 is 21.0 Å². The zero-order chi connectivity index (χ0) is 20.9. The van der Waals surface area contributed by atoms with Gasteiger partial charge in [-0.15, -0.1) is 11.3 Å². The van der Waals surface area contributed by atoms with E-state index in [-0.39, 0.29) is 11.4 Å². The molecule has 0 fully saturated rings. The van der Waals surface area contributed by atoms with E-state index in [2.05, 4.69) is 5.32 Å². The summed E-state index contributed by atoms with van der Waals surface area (Å²) in [6.45, 7) is -0.0507. The van der Waals surface area contributed by atoms with Crippen LogP contribution in [-0.2, 0) is 9.84 Å². The highest BCUT2D eigenvalue weighted by molar-refractivity contribution is 7.91. The lowest BCUT2D eigenvalue weighted by Crippen LogP contribution is -2.31. The maximum absolute atomic E-state index is 13.2. The molecule has 0 aliphatic heterocycles. The second kappa shape index (κ2) is 9.11. The summed E-state index contributed by atoms with van der Waals surface area (Å²) in [4.78, 5) is 13.5. The van der Waals surface area contributed by atoms with Gasteiger partial charge < -0.3 is 14.8 Å². The van der Waals surface area contributed by atoms with Gasteiger partial charge in [0, 0.05) is 17.0 Å². The molecule has 6 nitrogen and oxygen atoms in total. The largest absolute Gasteiger partial charge is 0.493 e. The summed E-state index contributed by atoms with van der Waals surface area (Å²) < 4.78 is 36.8. The second-order valence-corrected chi connectivity index (χ2v) is 9.25. The van der Waals surface area contributed by atoms with Gasteiger partial charge in [-0.1, -0.05) is 24.3 Å². The summed E-state index contributed by atoms with van der Waals surface area (Å²) in [7, 11) is -0.678. The Kier molecular flexibility index (Phi) is 6.56. The number of sulfone groups is 1. The number of methoxy groups -OCH3 is 2. The number of amides is 1. The lowest BCUT2D eigenvalue weighted by molar-refractivity contribution is 0.0953. The van der Waals surface area contributed by atoms with Gasteiger partial charge in [0.2, 0.25) is 0 Å². The van der Waals surface area contributed by atoms with Crippen molar-refractivity contribution >= 4 is 27.1 Å². The quantitative estimate of drug-likeness (QED) is 0.588. The van der Waals surface area contributed by atoms with Gasteiger partial charge in [0.15, 0.2) is 21.3 Å². The van der Waals surface area contributed by atoms with E-state index in [9.17, 15) is 13.2 Å². The zero-order valence-corrected chi connectivity index (χ0v) is 17.6. The van der Waals surface area contributed by atoms with Crippen LogP contribution in [0.15, 0.2) is 70.9 Å². The third kappa shape index (κ3) is 4.60. The number of benzene rings is 2. The Labute approximate surface area is 174 Å². The molecule has 3 aromatic rings. The third-order valence-corrected chi connectivity index (χ3v) is 7.63. The summed E-state index contributed by atoms with van der Waals surface area (Å²) >= 11 is 1.34. The van der Waals surface area contributed by atoms with Gasteiger partial charge in [-0.25, -0.2) is 8.42 Å². The molecule has 0 aliphatic rings. The Morgan fingerprint density at radius 2 is 1.72 bits per heavy atom. The van der Waals surface area contributed by atoms with Crippen LogP contribution in [0.4, 0.5) is 0 Å². The fourth-order valence-electron chi connectivity index (χ4n) is 2.88. The van der Waals surface area contributed by atoms with Crippen LogP contribution in [0, 0.1) is 0 Å². The Morgan fingerprint density at radius 3 is 2.34 bits per heavy atom. The molecule has 8 heteroatoms. The summed E-state index contributed by atoms with van der Waals surface area (Å²) in [6, 6.07) is 16.6. The number of hydrogen-bond acceptors (Lipinski definition) is 6. The number of carbonyl (C=O) groups is 1. The van der Waals surface area contributed by atoms with Crippen LogP contribution in [0.25, 0.3) is 0 Å². The maximum Gasteiger partial charge on any atom is 0.251 e. The van der Waals surface area contributed by atoms with Gasteiger partial charge >= 0.3 is 0 Å². The average molecular weight is 432 g/mol. The van der Waals surface area contributed by atoms with Crippen molar-refractivity contribution in [1.29, 1.82) is 0 Å². The highest BCUT2D eigenvalue weighted by atomic mass is 32.2. The van der Waals surface area contributed by atoms with Crippen molar-refractivity contribution in [3.8, 4) is 11.5 Å². The third-order valence-electron chi connectivity index (χ3n) is 4.40. The topological polar surface area (TPSA) is 81.7 Å². The number of nitrogens with one attached hydrogen (secondary N) is 1. The lowest BCUT2D eigenvalue weighted by Gasteiger charge is -2.18. The van der Waals surface area contributed by atoms with Crippen LogP contribution in [0.5, 0.6) is 11.5 Å². The molecule has 1 amide bonds. The molecule has 0 saturated heterocycles. The fourth-order valence-corrected chi connectivity index (χ4v) is 5.68. The van der Waals surface area contributed by atoms with E-state index in [0.29, 0.717) is 21.9 Å². The van der Waals surface area contributed by atoms with Crippen LogP contribution >= 0.6 is 11.3 Å². The van der Waals surface area contributed by atoms with Gasteiger partial charge in [-0.3, -0.25) is 4.79 Å². The first kappa shape index (κ1) is 20.9. The summed E-state index contributed by atoms with van der Waals surface area (Å²) in [5, 5.41) is 3.68. The molecular formula is C21H21NO5S2. The molecule has 1 N–H and O–H groups in total. The van der Waals surface area contributed by atoms with Gasteiger partial charge in [0.1, 0.15) is 5.25 Å². The minimum atomic E-state index is -3.67. The molecule has 0 spiro atoms. The van der Waals surface area contributed by atoms with Crippen LogP contribution in [0.1, 0.15) is 20.5 Å². The van der Waals surface area contributed by atoms with E-state index >= 15 is 0 Å². The zero-order valence-electron chi connectivity index (χ0n) is 16.0. The first-order valence-electron chi connectivity index (χ1n) is 8.80.